The second-order valence-corrected chi connectivity index (χ2v) is 6.90. The zero-order valence-electron chi connectivity index (χ0n) is 13.9. The number of thioether (sulfide) groups is 1. The highest BCUT2D eigenvalue weighted by atomic mass is 35.5. The minimum Gasteiger partial charge on any atom is -0.495 e. The molecule has 128 valence electrons. The van der Waals surface area contributed by atoms with Gasteiger partial charge in [-0.1, -0.05) is 41.6 Å². The van der Waals surface area contributed by atoms with E-state index in [0.717, 1.165) is 11.1 Å². The summed E-state index contributed by atoms with van der Waals surface area (Å²) in [5.74, 6) is 1.27. The molecule has 0 spiro atoms. The summed E-state index contributed by atoms with van der Waals surface area (Å²) in [5, 5.41) is 1.12. The van der Waals surface area contributed by atoms with Gasteiger partial charge in [0.1, 0.15) is 5.75 Å². The van der Waals surface area contributed by atoms with Crippen LogP contribution in [0.15, 0.2) is 64.7 Å². The van der Waals surface area contributed by atoms with Crippen LogP contribution in [0.4, 0.5) is 0 Å². The highest BCUT2D eigenvalue weighted by molar-refractivity contribution is 7.98. The van der Waals surface area contributed by atoms with Gasteiger partial charge in [-0.05, 0) is 42.3 Å². The fourth-order valence-corrected chi connectivity index (χ4v) is 3.50. The molecular weight excluding hydrogens is 356 g/mol. The van der Waals surface area contributed by atoms with Crippen LogP contribution < -0.4 is 10.3 Å². The number of nitrogens with zero attached hydrogens (tertiary/aromatic N) is 2. The lowest BCUT2D eigenvalue weighted by Crippen LogP contribution is -2.21. The van der Waals surface area contributed by atoms with Gasteiger partial charge in [-0.25, -0.2) is 4.98 Å². The Morgan fingerprint density at radius 1 is 1.24 bits per heavy atom. The first-order valence-corrected chi connectivity index (χ1v) is 9.05. The number of benzene rings is 2. The van der Waals surface area contributed by atoms with Crippen molar-refractivity contribution in [3.63, 3.8) is 0 Å². The van der Waals surface area contributed by atoms with Crippen molar-refractivity contribution in [3.8, 4) is 11.4 Å². The molecule has 0 amide bonds. The maximum Gasteiger partial charge on any atom is 0.287 e. The first kappa shape index (κ1) is 17.6. The number of aromatic nitrogens is 2. The molecule has 0 radical (unpaired) electrons. The first-order valence-electron chi connectivity index (χ1n) is 7.68. The van der Waals surface area contributed by atoms with Crippen LogP contribution in [-0.4, -0.2) is 16.7 Å². The average Bonchev–Trinajstić information content (AvgIpc) is 2.61. The van der Waals surface area contributed by atoms with Gasteiger partial charge in [0.05, 0.1) is 12.8 Å². The molecule has 6 heteroatoms. The molecular formula is C19H17ClN2O2S. The van der Waals surface area contributed by atoms with E-state index < -0.39 is 0 Å². The molecule has 1 heterocycles. The predicted molar refractivity (Wildman–Crippen MR) is 102 cm³/mol. The number of halogens is 1. The van der Waals surface area contributed by atoms with Crippen molar-refractivity contribution < 1.29 is 4.74 Å². The molecule has 0 aliphatic heterocycles. The van der Waals surface area contributed by atoms with E-state index in [2.05, 4.69) is 4.98 Å². The van der Waals surface area contributed by atoms with Gasteiger partial charge in [0.15, 0.2) is 5.03 Å². The SMILES string of the molecule is COc1ccc(C)cc1-n1ccnc(SCc2cccc(Cl)c2)c1=O. The van der Waals surface area contributed by atoms with Crippen LogP contribution in [0, 0.1) is 6.92 Å². The summed E-state index contributed by atoms with van der Waals surface area (Å²) >= 11 is 7.40. The quantitative estimate of drug-likeness (QED) is 0.619. The highest BCUT2D eigenvalue weighted by Gasteiger charge is 2.11. The normalized spacial score (nSPS) is 10.7. The molecule has 1 aromatic heterocycles. The molecule has 3 rings (SSSR count). The lowest BCUT2D eigenvalue weighted by molar-refractivity contribution is 0.412. The lowest BCUT2D eigenvalue weighted by Gasteiger charge is -2.12. The van der Waals surface area contributed by atoms with E-state index in [1.54, 1.807) is 24.1 Å². The van der Waals surface area contributed by atoms with E-state index in [9.17, 15) is 4.79 Å². The van der Waals surface area contributed by atoms with Gasteiger partial charge in [-0.3, -0.25) is 9.36 Å². The molecule has 25 heavy (non-hydrogen) atoms. The van der Waals surface area contributed by atoms with Gasteiger partial charge in [-0.2, -0.15) is 0 Å². The lowest BCUT2D eigenvalue weighted by atomic mass is 10.2. The molecule has 2 aromatic carbocycles. The molecule has 0 fully saturated rings. The number of methoxy groups -OCH3 is 1. The van der Waals surface area contributed by atoms with Gasteiger partial charge >= 0.3 is 0 Å². The van der Waals surface area contributed by atoms with E-state index in [0.29, 0.717) is 27.2 Å². The maximum atomic E-state index is 12.8. The Hall–Kier alpha value is -2.24. The third kappa shape index (κ3) is 4.06. The summed E-state index contributed by atoms with van der Waals surface area (Å²) in [7, 11) is 1.59. The number of ether oxygens (including phenoxy) is 1. The summed E-state index contributed by atoms with van der Waals surface area (Å²) in [6, 6.07) is 13.3. The van der Waals surface area contributed by atoms with Crippen LogP contribution >= 0.6 is 23.4 Å². The molecule has 0 atom stereocenters. The van der Waals surface area contributed by atoms with Crippen molar-refractivity contribution in [1.29, 1.82) is 0 Å². The Bertz CT molecular complexity index is 956. The van der Waals surface area contributed by atoms with E-state index in [4.69, 9.17) is 16.3 Å². The van der Waals surface area contributed by atoms with Crippen molar-refractivity contribution in [2.75, 3.05) is 7.11 Å². The molecule has 0 unspecified atom stereocenters. The average molecular weight is 373 g/mol. The van der Waals surface area contributed by atoms with Gasteiger partial charge in [0.25, 0.3) is 5.56 Å². The molecule has 0 saturated heterocycles. The topological polar surface area (TPSA) is 44.1 Å². The first-order chi connectivity index (χ1) is 12.1. The standard InChI is InChI=1S/C19H17ClN2O2S/c1-13-6-7-17(24-2)16(10-13)22-9-8-21-18(19(22)23)25-12-14-4-3-5-15(20)11-14/h3-11H,12H2,1-2H3. The zero-order valence-corrected chi connectivity index (χ0v) is 15.5. The van der Waals surface area contributed by atoms with Crippen LogP contribution in [0.25, 0.3) is 5.69 Å². The molecule has 0 aliphatic carbocycles. The van der Waals surface area contributed by atoms with Gasteiger partial charge in [0.2, 0.25) is 0 Å². The molecule has 0 aliphatic rings. The fraction of sp³-hybridized carbons (Fsp3) is 0.158. The Morgan fingerprint density at radius 3 is 2.84 bits per heavy atom. The predicted octanol–water partition coefficient (Wildman–Crippen LogP) is 4.50. The second kappa shape index (κ2) is 7.76. The van der Waals surface area contributed by atoms with Crippen molar-refractivity contribution in [3.05, 3.63) is 81.4 Å². The van der Waals surface area contributed by atoms with Crippen LogP contribution in [0.2, 0.25) is 5.02 Å². The van der Waals surface area contributed by atoms with Crippen LogP contribution in [0.5, 0.6) is 5.75 Å². The van der Waals surface area contributed by atoms with Crippen molar-refractivity contribution in [2.45, 2.75) is 17.7 Å². The van der Waals surface area contributed by atoms with Gasteiger partial charge < -0.3 is 4.74 Å². The highest BCUT2D eigenvalue weighted by Crippen LogP contribution is 2.24. The molecule has 3 aromatic rings. The second-order valence-electron chi connectivity index (χ2n) is 5.50. The van der Waals surface area contributed by atoms with Gasteiger partial charge in [0, 0.05) is 23.2 Å². The molecule has 4 nitrogen and oxygen atoms in total. The smallest absolute Gasteiger partial charge is 0.287 e. The summed E-state index contributed by atoms with van der Waals surface area (Å²) in [6.45, 7) is 1.98. The summed E-state index contributed by atoms with van der Waals surface area (Å²) in [5.41, 5.74) is 2.63. The summed E-state index contributed by atoms with van der Waals surface area (Å²) in [4.78, 5) is 17.1. The molecule has 0 saturated carbocycles. The number of aryl methyl sites for hydroxylation is 1. The molecule has 0 bridgehead atoms. The number of hydrogen-bond acceptors (Lipinski definition) is 4. The third-order valence-corrected chi connectivity index (χ3v) is 4.93. The Morgan fingerprint density at radius 2 is 2.08 bits per heavy atom. The van der Waals surface area contributed by atoms with E-state index in [-0.39, 0.29) is 5.56 Å². The minimum absolute atomic E-state index is 0.168. The van der Waals surface area contributed by atoms with Crippen molar-refractivity contribution >= 4 is 23.4 Å². The molecule has 0 N–H and O–H groups in total. The van der Waals surface area contributed by atoms with Crippen molar-refractivity contribution in [1.82, 2.24) is 9.55 Å². The Kier molecular flexibility index (Phi) is 5.46. The summed E-state index contributed by atoms with van der Waals surface area (Å²) < 4.78 is 6.96. The summed E-state index contributed by atoms with van der Waals surface area (Å²) in [6.07, 6.45) is 3.28. The Balaban J connectivity index is 1.93. The number of hydrogen-bond donors (Lipinski definition) is 0. The monoisotopic (exact) mass is 372 g/mol. The van der Waals surface area contributed by atoms with E-state index in [1.807, 2.05) is 49.4 Å². The van der Waals surface area contributed by atoms with Crippen LogP contribution in [-0.2, 0) is 5.75 Å². The van der Waals surface area contributed by atoms with Gasteiger partial charge in [-0.15, -0.1) is 0 Å². The van der Waals surface area contributed by atoms with Crippen LogP contribution in [0.3, 0.4) is 0 Å². The zero-order chi connectivity index (χ0) is 17.8. The fourth-order valence-electron chi connectivity index (χ4n) is 2.45. The third-order valence-electron chi connectivity index (χ3n) is 3.67. The van der Waals surface area contributed by atoms with Crippen LogP contribution in [0.1, 0.15) is 11.1 Å². The Labute approximate surface area is 155 Å². The van der Waals surface area contributed by atoms with E-state index in [1.165, 1.54) is 11.8 Å². The minimum atomic E-state index is -0.168. The maximum absolute atomic E-state index is 12.8. The van der Waals surface area contributed by atoms with Crippen molar-refractivity contribution in [2.24, 2.45) is 0 Å². The largest absolute Gasteiger partial charge is 0.495 e. The van der Waals surface area contributed by atoms with E-state index >= 15 is 0 Å². The number of rotatable bonds is 5.